The summed E-state index contributed by atoms with van der Waals surface area (Å²) in [5.74, 6) is 1.38. The van der Waals surface area contributed by atoms with E-state index in [1.807, 2.05) is 66.7 Å². The Balaban J connectivity index is 1.37. The summed E-state index contributed by atoms with van der Waals surface area (Å²) >= 11 is 16.7. The van der Waals surface area contributed by atoms with E-state index in [-0.39, 0.29) is 5.56 Å². The monoisotopic (exact) mass is 739 g/mol. The maximum absolute atomic E-state index is 13.6. The first-order valence-corrected chi connectivity index (χ1v) is 14.7. The van der Waals surface area contributed by atoms with E-state index in [4.69, 9.17) is 25.7 Å². The van der Waals surface area contributed by atoms with Gasteiger partial charge >= 0.3 is 0 Å². The minimum Gasteiger partial charge on any atom is -0.487 e. The summed E-state index contributed by atoms with van der Waals surface area (Å²) < 4.78 is 15.7. The molecule has 0 saturated heterocycles. The smallest absolute Gasteiger partial charge is 0.282 e. The predicted molar refractivity (Wildman–Crippen MR) is 170 cm³/mol. The first kappa shape index (κ1) is 27.0. The van der Waals surface area contributed by atoms with Crippen LogP contribution < -0.4 is 10.3 Å². The van der Waals surface area contributed by atoms with Crippen LogP contribution in [0.1, 0.15) is 11.1 Å². The molecule has 0 amide bonds. The molecule has 0 radical (unpaired) electrons. The maximum atomic E-state index is 13.6. The zero-order valence-electron chi connectivity index (χ0n) is 20.4. The predicted octanol–water partition coefficient (Wildman–Crippen LogP) is 9.21. The van der Waals surface area contributed by atoms with E-state index in [1.165, 1.54) is 4.68 Å². The van der Waals surface area contributed by atoms with Crippen LogP contribution in [0, 0.1) is 0 Å². The van der Waals surface area contributed by atoms with Gasteiger partial charge in [0, 0.05) is 14.9 Å². The molecule has 6 aromatic rings. The van der Waals surface area contributed by atoms with Gasteiger partial charge in [0.25, 0.3) is 5.56 Å². The molecule has 198 valence electrons. The molecule has 0 saturated carbocycles. The number of para-hydroxylation sites is 1. The van der Waals surface area contributed by atoms with Gasteiger partial charge in [0.15, 0.2) is 5.76 Å². The number of halogens is 4. The minimum absolute atomic E-state index is 0.299. The highest BCUT2D eigenvalue weighted by molar-refractivity contribution is 9.11. The second-order valence-corrected chi connectivity index (χ2v) is 11.9. The summed E-state index contributed by atoms with van der Waals surface area (Å²) in [4.78, 5) is 18.3. The van der Waals surface area contributed by atoms with E-state index in [2.05, 4.69) is 52.9 Å². The van der Waals surface area contributed by atoms with Crippen LogP contribution in [0.15, 0.2) is 113 Å². The molecule has 40 heavy (non-hydrogen) atoms. The topological polar surface area (TPSA) is 69.6 Å². The fourth-order valence-corrected chi connectivity index (χ4v) is 6.12. The van der Waals surface area contributed by atoms with E-state index in [1.54, 1.807) is 24.4 Å². The van der Waals surface area contributed by atoms with E-state index in [0.717, 1.165) is 29.9 Å². The van der Waals surface area contributed by atoms with Crippen LogP contribution in [0.2, 0.25) is 5.02 Å². The average Bonchev–Trinajstić information content (AvgIpc) is 3.36. The Morgan fingerprint density at radius 1 is 0.950 bits per heavy atom. The zero-order valence-corrected chi connectivity index (χ0v) is 26.0. The van der Waals surface area contributed by atoms with Crippen molar-refractivity contribution in [2.24, 2.45) is 5.10 Å². The molecule has 0 aliphatic carbocycles. The van der Waals surface area contributed by atoms with Crippen molar-refractivity contribution in [2.45, 2.75) is 6.61 Å². The Morgan fingerprint density at radius 3 is 2.48 bits per heavy atom. The summed E-state index contributed by atoms with van der Waals surface area (Å²) in [6, 6.07) is 25.9. The Bertz CT molecular complexity index is 1960. The van der Waals surface area contributed by atoms with Gasteiger partial charge in [-0.2, -0.15) is 9.78 Å². The van der Waals surface area contributed by atoms with Crippen LogP contribution in [0.25, 0.3) is 33.5 Å². The third-order valence-electron chi connectivity index (χ3n) is 6.09. The van der Waals surface area contributed by atoms with Crippen molar-refractivity contribution >= 4 is 87.5 Å². The lowest BCUT2D eigenvalue weighted by Gasteiger charge is -2.12. The highest BCUT2D eigenvalue weighted by atomic mass is 79.9. The van der Waals surface area contributed by atoms with Gasteiger partial charge in [0.2, 0.25) is 5.82 Å². The normalized spacial score (nSPS) is 11.6. The van der Waals surface area contributed by atoms with Crippen molar-refractivity contribution in [2.75, 3.05) is 0 Å². The van der Waals surface area contributed by atoms with Crippen molar-refractivity contribution in [3.05, 3.63) is 125 Å². The van der Waals surface area contributed by atoms with Crippen LogP contribution in [-0.2, 0) is 6.61 Å². The summed E-state index contributed by atoms with van der Waals surface area (Å²) in [7, 11) is 0. The van der Waals surface area contributed by atoms with Gasteiger partial charge in [-0.15, -0.1) is 0 Å². The molecular weight excluding hydrogens is 726 g/mol. The lowest BCUT2D eigenvalue weighted by Crippen LogP contribution is -2.20. The Kier molecular flexibility index (Phi) is 7.63. The third kappa shape index (κ3) is 5.51. The molecule has 10 heteroatoms. The summed E-state index contributed by atoms with van der Waals surface area (Å²) in [6.07, 6.45) is 1.60. The third-order valence-corrected chi connectivity index (χ3v) is 8.02. The lowest BCUT2D eigenvalue weighted by atomic mass is 10.2. The van der Waals surface area contributed by atoms with Crippen LogP contribution in [0.5, 0.6) is 5.75 Å². The molecule has 2 heterocycles. The number of furan rings is 1. The average molecular weight is 743 g/mol. The Morgan fingerprint density at radius 2 is 1.70 bits per heavy atom. The van der Waals surface area contributed by atoms with Crippen molar-refractivity contribution in [1.82, 2.24) is 9.66 Å². The molecule has 0 aliphatic rings. The van der Waals surface area contributed by atoms with Crippen molar-refractivity contribution < 1.29 is 9.15 Å². The molecule has 0 spiro atoms. The molecule has 0 atom stereocenters. The van der Waals surface area contributed by atoms with Crippen molar-refractivity contribution in [3.8, 4) is 17.3 Å². The molecule has 6 nitrogen and oxygen atoms in total. The molecule has 0 N–H and O–H groups in total. The fourth-order valence-electron chi connectivity index (χ4n) is 4.17. The van der Waals surface area contributed by atoms with Crippen molar-refractivity contribution in [1.29, 1.82) is 0 Å². The van der Waals surface area contributed by atoms with Gasteiger partial charge in [-0.05, 0) is 104 Å². The Labute approximate surface area is 258 Å². The molecular formula is C30H17Br3ClN3O3. The van der Waals surface area contributed by atoms with Gasteiger partial charge in [0.1, 0.15) is 17.9 Å². The van der Waals surface area contributed by atoms with E-state index in [9.17, 15) is 4.79 Å². The molecule has 0 unspecified atom stereocenters. The van der Waals surface area contributed by atoms with Crippen LogP contribution in [0.4, 0.5) is 0 Å². The van der Waals surface area contributed by atoms with Gasteiger partial charge in [-0.1, -0.05) is 51.8 Å². The summed E-state index contributed by atoms with van der Waals surface area (Å²) in [6.45, 7) is 0.372. The second-order valence-electron chi connectivity index (χ2n) is 8.84. The molecule has 4 aromatic carbocycles. The molecule has 2 aromatic heterocycles. The first-order chi connectivity index (χ1) is 19.4. The number of hydrogen-bond acceptors (Lipinski definition) is 5. The van der Waals surface area contributed by atoms with Gasteiger partial charge in [-0.25, -0.2) is 4.98 Å². The molecule has 0 fully saturated rings. The van der Waals surface area contributed by atoms with Crippen LogP contribution >= 0.6 is 59.4 Å². The molecule has 6 rings (SSSR count). The number of ether oxygens (including phenoxy) is 1. The fraction of sp³-hybridized carbons (Fsp3) is 0.0333. The van der Waals surface area contributed by atoms with Gasteiger partial charge in [-0.3, -0.25) is 4.79 Å². The quantitative estimate of drug-likeness (QED) is 0.160. The van der Waals surface area contributed by atoms with Gasteiger partial charge < -0.3 is 9.15 Å². The lowest BCUT2D eigenvalue weighted by molar-refractivity contribution is 0.302. The minimum atomic E-state index is -0.306. The van der Waals surface area contributed by atoms with E-state index in [0.29, 0.717) is 45.4 Å². The molecule has 0 bridgehead atoms. The number of aromatic nitrogens is 2. The first-order valence-electron chi connectivity index (χ1n) is 12.0. The largest absolute Gasteiger partial charge is 0.487 e. The van der Waals surface area contributed by atoms with Gasteiger partial charge in [0.05, 0.1) is 26.1 Å². The summed E-state index contributed by atoms with van der Waals surface area (Å²) in [5, 5.41) is 6.56. The van der Waals surface area contributed by atoms with Crippen LogP contribution in [0.3, 0.4) is 0 Å². The summed E-state index contributed by atoms with van der Waals surface area (Å²) in [5.41, 5.74) is 2.65. The number of rotatable bonds is 6. The van der Waals surface area contributed by atoms with Crippen LogP contribution in [-0.4, -0.2) is 15.9 Å². The Hall–Kier alpha value is -3.24. The number of benzene rings is 4. The van der Waals surface area contributed by atoms with E-state index >= 15 is 0 Å². The number of nitrogens with zero attached hydrogens (tertiary/aromatic N) is 3. The van der Waals surface area contributed by atoms with Crippen molar-refractivity contribution in [3.63, 3.8) is 0 Å². The number of fused-ring (bicyclic) bond motifs is 2. The SMILES string of the molecule is O=c1c2ccccc2nc(-c2cc3cc(Br)ccc3o2)n1N=Cc1cc(Br)c(OCc2ccc(Cl)cc2)c(Br)c1. The standard InChI is InChI=1S/C30H17Br3ClN3O3/c31-20-7-10-26-19(13-20)14-27(40-26)29-36-25-4-2-1-3-22(25)30(38)37(29)35-15-18-11-23(32)28(24(33)12-18)39-16-17-5-8-21(34)9-6-17/h1-15H,16H2. The highest BCUT2D eigenvalue weighted by Gasteiger charge is 2.17. The van der Waals surface area contributed by atoms with E-state index < -0.39 is 0 Å². The zero-order chi connectivity index (χ0) is 27.8. The number of hydrogen-bond donors (Lipinski definition) is 0. The second kappa shape index (κ2) is 11.3. The maximum Gasteiger partial charge on any atom is 0.282 e. The molecule has 0 aliphatic heterocycles. The highest BCUT2D eigenvalue weighted by Crippen LogP contribution is 2.35.